The van der Waals surface area contributed by atoms with Crippen molar-refractivity contribution < 1.29 is 9.47 Å². The second kappa shape index (κ2) is 10.5. The molecule has 1 aromatic heterocycles. The smallest absolute Gasteiger partial charge is 0.193 e. The van der Waals surface area contributed by atoms with Gasteiger partial charge in [0.25, 0.3) is 0 Å². The summed E-state index contributed by atoms with van der Waals surface area (Å²) in [5.41, 5.74) is 7.93. The van der Waals surface area contributed by atoms with Crippen molar-refractivity contribution in [2.45, 2.75) is 13.1 Å². The van der Waals surface area contributed by atoms with Crippen LogP contribution in [0.1, 0.15) is 11.4 Å². The van der Waals surface area contributed by atoms with E-state index in [1.54, 1.807) is 32.5 Å². The summed E-state index contributed by atoms with van der Waals surface area (Å²) in [6, 6.07) is 15.6. The van der Waals surface area contributed by atoms with Gasteiger partial charge in [0.15, 0.2) is 5.96 Å². The van der Waals surface area contributed by atoms with E-state index in [9.17, 15) is 0 Å². The number of nitrogens with one attached hydrogen (secondary N) is 1. The molecular weight excluding hydrogens is 469 g/mol. The van der Waals surface area contributed by atoms with Crippen molar-refractivity contribution in [2.75, 3.05) is 19.5 Å². The fourth-order valence-corrected chi connectivity index (χ4v) is 2.66. The Morgan fingerprint density at radius 1 is 1.14 bits per heavy atom. The first kappa shape index (κ1) is 21.5. The lowest BCUT2D eigenvalue weighted by atomic mass is 10.2. The molecule has 0 saturated carbocycles. The van der Waals surface area contributed by atoms with E-state index in [0.29, 0.717) is 23.7 Å². The number of aliphatic imine (C=N–C) groups is 1. The lowest BCUT2D eigenvalue weighted by Gasteiger charge is -2.12. The molecule has 8 heteroatoms. The predicted molar refractivity (Wildman–Crippen MR) is 122 cm³/mol. The van der Waals surface area contributed by atoms with Gasteiger partial charge in [0.1, 0.15) is 23.9 Å². The summed E-state index contributed by atoms with van der Waals surface area (Å²) in [6.45, 7) is 1.10. The van der Waals surface area contributed by atoms with Crippen LogP contribution >= 0.6 is 24.0 Å². The molecule has 2 aromatic carbocycles. The molecule has 0 unspecified atom stereocenters. The van der Waals surface area contributed by atoms with Crippen LogP contribution in [0.15, 0.2) is 65.9 Å². The van der Waals surface area contributed by atoms with Crippen LogP contribution in [-0.2, 0) is 13.1 Å². The van der Waals surface area contributed by atoms with E-state index >= 15 is 0 Å². The van der Waals surface area contributed by atoms with Gasteiger partial charge >= 0.3 is 0 Å². The van der Waals surface area contributed by atoms with Crippen LogP contribution in [0.5, 0.6) is 11.5 Å². The molecule has 0 aliphatic rings. The van der Waals surface area contributed by atoms with Gasteiger partial charge in [0, 0.05) is 25.0 Å². The third kappa shape index (κ3) is 5.62. The average molecular weight is 493 g/mol. The van der Waals surface area contributed by atoms with Crippen LogP contribution in [0.4, 0.5) is 5.69 Å². The summed E-state index contributed by atoms with van der Waals surface area (Å²) in [7, 11) is 3.20. The van der Waals surface area contributed by atoms with Gasteiger partial charge in [-0.1, -0.05) is 30.3 Å². The maximum Gasteiger partial charge on any atom is 0.193 e. The monoisotopic (exact) mass is 493 g/mol. The maximum atomic E-state index is 6.05. The molecule has 3 rings (SSSR count). The number of ether oxygens (including phenoxy) is 2. The highest BCUT2D eigenvalue weighted by Crippen LogP contribution is 2.28. The number of halogens is 1. The van der Waals surface area contributed by atoms with Crippen LogP contribution in [0.2, 0.25) is 0 Å². The number of nitrogens with two attached hydrogens (primary N) is 1. The number of rotatable bonds is 7. The van der Waals surface area contributed by atoms with Crippen molar-refractivity contribution in [3.05, 3.63) is 72.3 Å². The molecule has 28 heavy (non-hydrogen) atoms. The zero-order valence-electron chi connectivity index (χ0n) is 15.8. The molecule has 0 aliphatic carbocycles. The first-order valence-corrected chi connectivity index (χ1v) is 8.52. The van der Waals surface area contributed by atoms with Crippen molar-refractivity contribution in [1.82, 2.24) is 9.55 Å². The molecule has 0 fully saturated rings. The van der Waals surface area contributed by atoms with Gasteiger partial charge in [0.05, 0.1) is 19.9 Å². The first-order chi connectivity index (χ1) is 13.2. The molecule has 7 nitrogen and oxygen atoms in total. The normalized spacial score (nSPS) is 10.9. The summed E-state index contributed by atoms with van der Waals surface area (Å²) in [5.74, 6) is 2.46. The van der Waals surface area contributed by atoms with Gasteiger partial charge < -0.3 is 25.1 Å². The topological polar surface area (TPSA) is 86.7 Å². The fraction of sp³-hybridized carbons (Fsp3) is 0.200. The molecule has 0 bridgehead atoms. The number of benzene rings is 2. The molecule has 0 radical (unpaired) electrons. The van der Waals surface area contributed by atoms with E-state index in [2.05, 4.69) is 32.0 Å². The van der Waals surface area contributed by atoms with E-state index in [4.69, 9.17) is 15.2 Å². The Hall–Kier alpha value is -2.75. The van der Waals surface area contributed by atoms with Crippen molar-refractivity contribution in [2.24, 2.45) is 10.7 Å². The van der Waals surface area contributed by atoms with E-state index in [0.717, 1.165) is 12.4 Å². The average Bonchev–Trinajstić information content (AvgIpc) is 3.14. The van der Waals surface area contributed by atoms with E-state index < -0.39 is 0 Å². The molecular formula is C20H24IN5O2. The largest absolute Gasteiger partial charge is 0.497 e. The number of guanidine groups is 1. The summed E-state index contributed by atoms with van der Waals surface area (Å²) >= 11 is 0. The fourth-order valence-electron chi connectivity index (χ4n) is 2.66. The van der Waals surface area contributed by atoms with E-state index in [1.807, 2.05) is 30.5 Å². The summed E-state index contributed by atoms with van der Waals surface area (Å²) < 4.78 is 12.6. The highest BCUT2D eigenvalue weighted by molar-refractivity contribution is 14.0. The Balaban J connectivity index is 0.00000280. The molecule has 0 saturated heterocycles. The third-order valence-electron chi connectivity index (χ3n) is 4.06. The SMILES string of the molecule is COc1ccc(OC)c(NC(N)=NCc2nccn2Cc2ccccc2)c1.I. The zero-order chi connectivity index (χ0) is 19.1. The molecule has 3 N–H and O–H groups in total. The Bertz CT molecular complexity index is 912. The lowest BCUT2D eigenvalue weighted by Crippen LogP contribution is -2.23. The minimum atomic E-state index is 0. The second-order valence-corrected chi connectivity index (χ2v) is 5.85. The predicted octanol–water partition coefficient (Wildman–Crippen LogP) is 3.49. The van der Waals surface area contributed by atoms with Gasteiger partial charge in [-0.3, -0.25) is 0 Å². The number of nitrogens with zero attached hydrogens (tertiary/aromatic N) is 3. The summed E-state index contributed by atoms with van der Waals surface area (Å²) in [5, 5.41) is 3.05. The summed E-state index contributed by atoms with van der Waals surface area (Å²) in [4.78, 5) is 8.78. The minimum Gasteiger partial charge on any atom is -0.497 e. The number of aromatic nitrogens is 2. The first-order valence-electron chi connectivity index (χ1n) is 8.52. The number of anilines is 1. The lowest BCUT2D eigenvalue weighted by molar-refractivity contribution is 0.405. The van der Waals surface area contributed by atoms with Crippen molar-refractivity contribution in [3.8, 4) is 11.5 Å². The molecule has 1 heterocycles. The molecule has 0 amide bonds. The molecule has 3 aromatic rings. The molecule has 0 spiro atoms. The van der Waals surface area contributed by atoms with Gasteiger partial charge in [0.2, 0.25) is 0 Å². The number of methoxy groups -OCH3 is 2. The molecule has 148 valence electrons. The Labute approximate surface area is 181 Å². The maximum absolute atomic E-state index is 6.05. The van der Waals surface area contributed by atoms with Crippen molar-refractivity contribution in [1.29, 1.82) is 0 Å². The zero-order valence-corrected chi connectivity index (χ0v) is 18.2. The van der Waals surface area contributed by atoms with Gasteiger partial charge in [-0.2, -0.15) is 0 Å². The van der Waals surface area contributed by atoms with E-state index in [1.165, 1.54) is 5.56 Å². The minimum absolute atomic E-state index is 0. The summed E-state index contributed by atoms with van der Waals surface area (Å²) in [6.07, 6.45) is 3.70. The van der Waals surface area contributed by atoms with Crippen molar-refractivity contribution >= 4 is 35.6 Å². The Morgan fingerprint density at radius 3 is 2.64 bits per heavy atom. The molecule has 0 aliphatic heterocycles. The van der Waals surface area contributed by atoms with Crippen LogP contribution in [0, 0.1) is 0 Å². The van der Waals surface area contributed by atoms with Crippen LogP contribution < -0.4 is 20.5 Å². The van der Waals surface area contributed by atoms with Gasteiger partial charge in [-0.05, 0) is 17.7 Å². The quantitative estimate of drug-likeness (QED) is 0.299. The Kier molecular flexibility index (Phi) is 8.12. The number of hydrogen-bond donors (Lipinski definition) is 2. The van der Waals surface area contributed by atoms with Gasteiger partial charge in [-0.25, -0.2) is 9.98 Å². The van der Waals surface area contributed by atoms with Gasteiger partial charge in [-0.15, -0.1) is 24.0 Å². The highest BCUT2D eigenvalue weighted by atomic mass is 127. The van der Waals surface area contributed by atoms with Crippen LogP contribution in [0.3, 0.4) is 0 Å². The standard InChI is InChI=1S/C20H23N5O2.HI/c1-26-16-8-9-18(27-2)17(12-16)24-20(21)23-13-19-22-10-11-25(19)14-15-6-4-3-5-7-15;/h3-12H,13-14H2,1-2H3,(H3,21,23,24);1H. The Morgan fingerprint density at radius 2 is 1.93 bits per heavy atom. The highest BCUT2D eigenvalue weighted by Gasteiger charge is 2.07. The van der Waals surface area contributed by atoms with E-state index in [-0.39, 0.29) is 29.9 Å². The second-order valence-electron chi connectivity index (χ2n) is 5.85. The third-order valence-corrected chi connectivity index (χ3v) is 4.06. The number of imidazole rings is 1. The van der Waals surface area contributed by atoms with Crippen LogP contribution in [0.25, 0.3) is 0 Å². The number of hydrogen-bond acceptors (Lipinski definition) is 4. The van der Waals surface area contributed by atoms with Crippen molar-refractivity contribution in [3.63, 3.8) is 0 Å². The van der Waals surface area contributed by atoms with Crippen LogP contribution in [-0.4, -0.2) is 29.7 Å². The molecule has 0 atom stereocenters.